The summed E-state index contributed by atoms with van der Waals surface area (Å²) in [6.07, 6.45) is 2.56. The molecular weight excluding hydrogens is 208 g/mol. The van der Waals surface area contributed by atoms with Gasteiger partial charge in [-0.05, 0) is 38.5 Å². The number of rotatable bonds is 3. The Bertz CT molecular complexity index is 276. The quantitative estimate of drug-likeness (QED) is 0.865. The van der Waals surface area contributed by atoms with Gasteiger partial charge in [0.25, 0.3) is 0 Å². The third-order valence-corrected chi connectivity index (χ3v) is 3.16. The lowest BCUT2D eigenvalue weighted by atomic mass is 10.1. The van der Waals surface area contributed by atoms with Gasteiger partial charge in [-0.15, -0.1) is 0 Å². The van der Waals surface area contributed by atoms with Gasteiger partial charge in [0.05, 0.1) is 0 Å². The predicted molar refractivity (Wildman–Crippen MR) is 75.1 cm³/mol. The highest BCUT2D eigenvalue weighted by Gasteiger charge is 2.15. The van der Waals surface area contributed by atoms with Crippen molar-refractivity contribution in [2.45, 2.75) is 39.3 Å². The molecular formula is C15H26N2. The lowest BCUT2D eigenvalue weighted by molar-refractivity contribution is 0.234. The Labute approximate surface area is 106 Å². The molecule has 1 aliphatic heterocycles. The Morgan fingerprint density at radius 3 is 2.29 bits per heavy atom. The first-order chi connectivity index (χ1) is 8.34. The van der Waals surface area contributed by atoms with Gasteiger partial charge in [-0.3, -0.25) is 0 Å². The molecule has 1 aromatic carbocycles. The second-order valence-corrected chi connectivity index (χ2v) is 4.44. The molecule has 2 nitrogen and oxygen atoms in total. The molecule has 2 heteroatoms. The summed E-state index contributed by atoms with van der Waals surface area (Å²) in [6.45, 7) is 7.47. The van der Waals surface area contributed by atoms with Crippen LogP contribution in [-0.2, 0) is 6.54 Å². The van der Waals surface area contributed by atoms with Crippen LogP contribution in [0.3, 0.4) is 0 Å². The molecule has 0 radical (unpaired) electrons. The van der Waals surface area contributed by atoms with Gasteiger partial charge >= 0.3 is 0 Å². The first-order valence-electron chi connectivity index (χ1n) is 6.80. The molecule has 0 spiro atoms. The summed E-state index contributed by atoms with van der Waals surface area (Å²) in [5, 5.41) is 3.63. The summed E-state index contributed by atoms with van der Waals surface area (Å²) >= 11 is 0. The van der Waals surface area contributed by atoms with Crippen LogP contribution in [0.5, 0.6) is 0 Å². The monoisotopic (exact) mass is 234 g/mol. The third kappa shape index (κ3) is 5.33. The first-order valence-corrected chi connectivity index (χ1v) is 6.80. The molecule has 0 unspecified atom stereocenters. The number of piperidine rings is 1. The van der Waals surface area contributed by atoms with E-state index in [4.69, 9.17) is 0 Å². The van der Waals surface area contributed by atoms with Gasteiger partial charge in [0.1, 0.15) is 0 Å². The standard InChI is InChI=1S/C13H20N2.C2H6/c1-15-9-7-13(8-10-15)14-11-12-5-3-2-4-6-12;1-2/h2-6,13-14H,7-11H2,1H3;1-2H3. The van der Waals surface area contributed by atoms with Crippen LogP contribution in [0.1, 0.15) is 32.3 Å². The minimum atomic E-state index is 0.710. The maximum absolute atomic E-state index is 3.63. The van der Waals surface area contributed by atoms with E-state index >= 15 is 0 Å². The topological polar surface area (TPSA) is 15.3 Å². The minimum absolute atomic E-state index is 0.710. The largest absolute Gasteiger partial charge is 0.310 e. The van der Waals surface area contributed by atoms with E-state index in [9.17, 15) is 0 Å². The van der Waals surface area contributed by atoms with Crippen molar-refractivity contribution in [1.29, 1.82) is 0 Å². The van der Waals surface area contributed by atoms with Gasteiger partial charge in [0.2, 0.25) is 0 Å². The molecule has 1 saturated heterocycles. The highest BCUT2D eigenvalue weighted by molar-refractivity contribution is 5.14. The van der Waals surface area contributed by atoms with Crippen molar-refractivity contribution in [2.75, 3.05) is 20.1 Å². The van der Waals surface area contributed by atoms with E-state index in [0.717, 1.165) is 6.54 Å². The van der Waals surface area contributed by atoms with Crippen LogP contribution in [0, 0.1) is 0 Å². The van der Waals surface area contributed by atoms with Crippen molar-refractivity contribution in [2.24, 2.45) is 0 Å². The van der Waals surface area contributed by atoms with E-state index in [2.05, 4.69) is 47.6 Å². The average molecular weight is 234 g/mol. The van der Waals surface area contributed by atoms with E-state index in [1.54, 1.807) is 0 Å². The van der Waals surface area contributed by atoms with Crippen LogP contribution in [0.2, 0.25) is 0 Å². The molecule has 0 aliphatic carbocycles. The molecule has 0 amide bonds. The van der Waals surface area contributed by atoms with Gasteiger partial charge < -0.3 is 10.2 Å². The molecule has 0 bridgehead atoms. The van der Waals surface area contributed by atoms with Crippen molar-refractivity contribution in [3.63, 3.8) is 0 Å². The van der Waals surface area contributed by atoms with E-state index in [0.29, 0.717) is 6.04 Å². The number of hydrogen-bond donors (Lipinski definition) is 1. The molecule has 1 N–H and O–H groups in total. The number of likely N-dealkylation sites (tertiary alicyclic amines) is 1. The zero-order valence-electron chi connectivity index (χ0n) is 11.4. The van der Waals surface area contributed by atoms with Crippen LogP contribution >= 0.6 is 0 Å². The fourth-order valence-corrected chi connectivity index (χ4v) is 2.07. The fraction of sp³-hybridized carbons (Fsp3) is 0.600. The predicted octanol–water partition coefficient (Wildman–Crippen LogP) is 2.90. The van der Waals surface area contributed by atoms with Crippen LogP contribution in [0.4, 0.5) is 0 Å². The summed E-state index contributed by atoms with van der Waals surface area (Å²) in [5.41, 5.74) is 1.39. The molecule has 1 fully saturated rings. The normalized spacial score (nSPS) is 17.4. The molecule has 2 rings (SSSR count). The van der Waals surface area contributed by atoms with Gasteiger partial charge in [0.15, 0.2) is 0 Å². The molecule has 0 saturated carbocycles. The van der Waals surface area contributed by atoms with E-state index in [-0.39, 0.29) is 0 Å². The van der Waals surface area contributed by atoms with E-state index in [1.165, 1.54) is 31.5 Å². The molecule has 0 atom stereocenters. The van der Waals surface area contributed by atoms with Crippen LogP contribution < -0.4 is 5.32 Å². The summed E-state index contributed by atoms with van der Waals surface area (Å²) in [7, 11) is 2.20. The molecule has 17 heavy (non-hydrogen) atoms. The fourth-order valence-electron chi connectivity index (χ4n) is 2.07. The van der Waals surface area contributed by atoms with Crippen molar-refractivity contribution in [3.05, 3.63) is 35.9 Å². The Morgan fingerprint density at radius 2 is 1.71 bits per heavy atom. The second kappa shape index (κ2) is 8.26. The van der Waals surface area contributed by atoms with Crippen LogP contribution in [0.25, 0.3) is 0 Å². The summed E-state index contributed by atoms with van der Waals surface area (Å²) in [5.74, 6) is 0. The second-order valence-electron chi connectivity index (χ2n) is 4.44. The van der Waals surface area contributed by atoms with Crippen molar-refractivity contribution in [3.8, 4) is 0 Å². The smallest absolute Gasteiger partial charge is 0.0208 e. The maximum Gasteiger partial charge on any atom is 0.0208 e. The molecule has 1 heterocycles. The Balaban J connectivity index is 0.000000686. The Kier molecular flexibility index (Phi) is 6.90. The van der Waals surface area contributed by atoms with E-state index < -0.39 is 0 Å². The molecule has 1 aliphatic rings. The first kappa shape index (κ1) is 14.2. The zero-order chi connectivity index (χ0) is 12.5. The third-order valence-electron chi connectivity index (χ3n) is 3.16. The SMILES string of the molecule is CC.CN1CCC(NCc2ccccc2)CC1. The van der Waals surface area contributed by atoms with Crippen molar-refractivity contribution in [1.82, 2.24) is 10.2 Å². The van der Waals surface area contributed by atoms with Gasteiger partial charge in [0, 0.05) is 12.6 Å². The average Bonchev–Trinajstić information content (AvgIpc) is 2.42. The highest BCUT2D eigenvalue weighted by Crippen LogP contribution is 2.09. The Morgan fingerprint density at radius 1 is 1.12 bits per heavy atom. The molecule has 1 aromatic rings. The Hall–Kier alpha value is -0.860. The minimum Gasteiger partial charge on any atom is -0.310 e. The van der Waals surface area contributed by atoms with Crippen molar-refractivity contribution < 1.29 is 0 Å². The van der Waals surface area contributed by atoms with Crippen LogP contribution in [0.15, 0.2) is 30.3 Å². The van der Waals surface area contributed by atoms with Gasteiger partial charge in [-0.25, -0.2) is 0 Å². The number of nitrogens with one attached hydrogen (secondary N) is 1. The summed E-state index contributed by atoms with van der Waals surface area (Å²) in [4.78, 5) is 2.40. The maximum atomic E-state index is 3.63. The summed E-state index contributed by atoms with van der Waals surface area (Å²) < 4.78 is 0. The van der Waals surface area contributed by atoms with Gasteiger partial charge in [-0.2, -0.15) is 0 Å². The van der Waals surface area contributed by atoms with Crippen LogP contribution in [-0.4, -0.2) is 31.1 Å². The number of hydrogen-bond acceptors (Lipinski definition) is 2. The molecule has 96 valence electrons. The lowest BCUT2D eigenvalue weighted by Crippen LogP contribution is -2.40. The van der Waals surface area contributed by atoms with Crippen molar-refractivity contribution >= 4 is 0 Å². The van der Waals surface area contributed by atoms with Gasteiger partial charge in [-0.1, -0.05) is 44.2 Å². The molecule has 0 aromatic heterocycles. The summed E-state index contributed by atoms with van der Waals surface area (Å²) in [6, 6.07) is 11.3. The number of benzene rings is 1. The highest BCUT2D eigenvalue weighted by atomic mass is 15.1. The number of nitrogens with zero attached hydrogens (tertiary/aromatic N) is 1. The van der Waals surface area contributed by atoms with E-state index in [1.807, 2.05) is 13.8 Å². The lowest BCUT2D eigenvalue weighted by Gasteiger charge is -2.29. The zero-order valence-corrected chi connectivity index (χ0v) is 11.4.